The van der Waals surface area contributed by atoms with Gasteiger partial charge in [0.1, 0.15) is 5.75 Å². The van der Waals surface area contributed by atoms with E-state index < -0.39 is 5.97 Å². The van der Waals surface area contributed by atoms with E-state index in [4.69, 9.17) is 9.84 Å². The molecule has 2 N–H and O–H groups in total. The summed E-state index contributed by atoms with van der Waals surface area (Å²) < 4.78 is 4.99. The van der Waals surface area contributed by atoms with Crippen LogP contribution >= 0.6 is 0 Å². The normalized spacial score (nSPS) is 9.71. The monoisotopic (exact) mass is 238 g/mol. The number of ether oxygens (including phenoxy) is 1. The summed E-state index contributed by atoms with van der Waals surface area (Å²) in [6.07, 6.45) is 3.38. The summed E-state index contributed by atoms with van der Waals surface area (Å²) in [6.45, 7) is 0.316. The molecule has 1 aromatic rings. The first kappa shape index (κ1) is 13.0. The second-order valence-corrected chi connectivity index (χ2v) is 3.33. The number of rotatable bonds is 6. The number of amides is 1. The molecular weight excluding hydrogens is 224 g/mol. The number of carboxylic acids is 1. The molecule has 6 heteroatoms. The van der Waals surface area contributed by atoms with E-state index >= 15 is 0 Å². The summed E-state index contributed by atoms with van der Waals surface area (Å²) in [5.41, 5.74) is 0.387. The standard InChI is InChI=1S/C11H14N2O4/c1-17-9-7-12-6-4-8(9)11(16)13-5-2-3-10(14)15/h4,6-7H,2-3,5H2,1H3,(H,13,16)(H,14,15). The molecular formula is C11H14N2O4. The summed E-state index contributed by atoms with van der Waals surface area (Å²) in [5.74, 6) is -0.779. The molecule has 1 rings (SSSR count). The number of nitrogens with one attached hydrogen (secondary N) is 1. The molecule has 0 radical (unpaired) electrons. The maximum Gasteiger partial charge on any atom is 0.303 e. The number of carbonyl (C=O) groups is 2. The Hall–Kier alpha value is -2.11. The number of methoxy groups -OCH3 is 1. The average Bonchev–Trinajstić information content (AvgIpc) is 2.34. The molecule has 1 amide bonds. The molecule has 1 aromatic heterocycles. The third-order valence-corrected chi connectivity index (χ3v) is 2.10. The van der Waals surface area contributed by atoms with Crippen LogP contribution in [0.3, 0.4) is 0 Å². The molecule has 0 aliphatic heterocycles. The van der Waals surface area contributed by atoms with Gasteiger partial charge in [-0.1, -0.05) is 0 Å². The van der Waals surface area contributed by atoms with Crippen LogP contribution in [0.2, 0.25) is 0 Å². The average molecular weight is 238 g/mol. The van der Waals surface area contributed by atoms with Gasteiger partial charge in [0.15, 0.2) is 0 Å². The molecule has 1 heterocycles. The Kier molecular flexibility index (Phi) is 4.93. The van der Waals surface area contributed by atoms with Crippen molar-refractivity contribution in [2.75, 3.05) is 13.7 Å². The molecule has 0 unspecified atom stereocenters. The summed E-state index contributed by atoms with van der Waals surface area (Å²) in [7, 11) is 1.46. The van der Waals surface area contributed by atoms with E-state index in [0.29, 0.717) is 24.3 Å². The zero-order valence-corrected chi connectivity index (χ0v) is 9.47. The van der Waals surface area contributed by atoms with Gasteiger partial charge in [-0.2, -0.15) is 0 Å². The summed E-state index contributed by atoms with van der Waals surface area (Å²) in [5, 5.41) is 11.1. The first-order chi connectivity index (χ1) is 8.15. The molecule has 0 saturated heterocycles. The van der Waals surface area contributed by atoms with Crippen molar-refractivity contribution in [3.8, 4) is 5.75 Å². The van der Waals surface area contributed by atoms with Crippen LogP contribution in [0.4, 0.5) is 0 Å². The second-order valence-electron chi connectivity index (χ2n) is 3.33. The van der Waals surface area contributed by atoms with Crippen LogP contribution in [-0.4, -0.2) is 35.6 Å². The maximum atomic E-state index is 11.7. The number of nitrogens with zero attached hydrogens (tertiary/aromatic N) is 1. The predicted octanol–water partition coefficient (Wildman–Crippen LogP) is 0.685. The molecule has 0 bridgehead atoms. The van der Waals surface area contributed by atoms with Crippen LogP contribution in [-0.2, 0) is 4.79 Å². The third-order valence-electron chi connectivity index (χ3n) is 2.10. The Morgan fingerprint density at radius 1 is 1.53 bits per heavy atom. The van der Waals surface area contributed by atoms with Crippen molar-refractivity contribution in [3.63, 3.8) is 0 Å². The Morgan fingerprint density at radius 3 is 2.94 bits per heavy atom. The van der Waals surface area contributed by atoms with Crippen molar-refractivity contribution in [2.45, 2.75) is 12.8 Å². The molecule has 17 heavy (non-hydrogen) atoms. The molecule has 0 fully saturated rings. The topological polar surface area (TPSA) is 88.5 Å². The minimum absolute atomic E-state index is 0.0355. The van der Waals surface area contributed by atoms with E-state index in [1.54, 1.807) is 6.07 Å². The highest BCUT2D eigenvalue weighted by Gasteiger charge is 2.11. The van der Waals surface area contributed by atoms with E-state index in [0.717, 1.165) is 0 Å². The van der Waals surface area contributed by atoms with Gasteiger partial charge in [-0.15, -0.1) is 0 Å². The molecule has 0 spiro atoms. The van der Waals surface area contributed by atoms with Crippen LogP contribution in [0.5, 0.6) is 5.75 Å². The first-order valence-electron chi connectivity index (χ1n) is 5.13. The smallest absolute Gasteiger partial charge is 0.303 e. The van der Waals surface area contributed by atoms with Crippen molar-refractivity contribution in [2.24, 2.45) is 0 Å². The van der Waals surface area contributed by atoms with Crippen LogP contribution in [0.1, 0.15) is 23.2 Å². The number of hydrogen-bond acceptors (Lipinski definition) is 4. The quantitative estimate of drug-likeness (QED) is 0.711. The van der Waals surface area contributed by atoms with Gasteiger partial charge in [0.25, 0.3) is 5.91 Å². The van der Waals surface area contributed by atoms with Gasteiger partial charge in [-0.3, -0.25) is 14.6 Å². The lowest BCUT2D eigenvalue weighted by Gasteiger charge is -2.07. The molecule has 0 saturated carbocycles. The van der Waals surface area contributed by atoms with Crippen molar-refractivity contribution >= 4 is 11.9 Å². The van der Waals surface area contributed by atoms with Crippen molar-refractivity contribution in [1.29, 1.82) is 0 Å². The number of aromatic nitrogens is 1. The minimum Gasteiger partial charge on any atom is -0.494 e. The van der Waals surface area contributed by atoms with Gasteiger partial charge >= 0.3 is 5.97 Å². The van der Waals surface area contributed by atoms with Gasteiger partial charge in [0, 0.05) is 19.2 Å². The van der Waals surface area contributed by atoms with Crippen LogP contribution < -0.4 is 10.1 Å². The Bertz CT molecular complexity index is 406. The number of carboxylic acid groups (broad SMARTS) is 1. The van der Waals surface area contributed by atoms with Crippen molar-refractivity contribution in [1.82, 2.24) is 10.3 Å². The molecule has 92 valence electrons. The van der Waals surface area contributed by atoms with Gasteiger partial charge in [-0.05, 0) is 12.5 Å². The van der Waals surface area contributed by atoms with Gasteiger partial charge in [-0.25, -0.2) is 0 Å². The predicted molar refractivity (Wildman–Crippen MR) is 60.0 cm³/mol. The lowest BCUT2D eigenvalue weighted by atomic mass is 10.2. The fourth-order valence-corrected chi connectivity index (χ4v) is 1.27. The third kappa shape index (κ3) is 4.10. The minimum atomic E-state index is -0.874. The number of carbonyl (C=O) groups excluding carboxylic acids is 1. The SMILES string of the molecule is COc1cnccc1C(=O)NCCCC(=O)O. The van der Waals surface area contributed by atoms with E-state index in [1.165, 1.54) is 19.5 Å². The van der Waals surface area contributed by atoms with E-state index in [1.807, 2.05) is 0 Å². The number of aliphatic carboxylic acids is 1. The van der Waals surface area contributed by atoms with Crippen LogP contribution in [0, 0.1) is 0 Å². The Labute approximate surface area is 98.6 Å². The summed E-state index contributed by atoms with van der Waals surface area (Å²) in [4.78, 5) is 25.8. The van der Waals surface area contributed by atoms with Gasteiger partial charge in [0.2, 0.25) is 0 Å². The van der Waals surface area contributed by atoms with Crippen molar-refractivity contribution in [3.05, 3.63) is 24.0 Å². The van der Waals surface area contributed by atoms with E-state index in [-0.39, 0.29) is 12.3 Å². The molecule has 0 aromatic carbocycles. The molecule has 0 atom stereocenters. The zero-order chi connectivity index (χ0) is 12.7. The highest BCUT2D eigenvalue weighted by molar-refractivity contribution is 5.96. The Balaban J connectivity index is 2.49. The largest absolute Gasteiger partial charge is 0.494 e. The van der Waals surface area contributed by atoms with Gasteiger partial charge < -0.3 is 15.2 Å². The highest BCUT2D eigenvalue weighted by Crippen LogP contribution is 2.14. The molecule has 0 aliphatic rings. The van der Waals surface area contributed by atoms with Crippen molar-refractivity contribution < 1.29 is 19.4 Å². The zero-order valence-electron chi connectivity index (χ0n) is 9.47. The van der Waals surface area contributed by atoms with E-state index in [9.17, 15) is 9.59 Å². The number of hydrogen-bond donors (Lipinski definition) is 2. The fraction of sp³-hybridized carbons (Fsp3) is 0.364. The number of pyridine rings is 1. The lowest BCUT2D eigenvalue weighted by molar-refractivity contribution is -0.137. The first-order valence-corrected chi connectivity index (χ1v) is 5.13. The molecule has 6 nitrogen and oxygen atoms in total. The fourth-order valence-electron chi connectivity index (χ4n) is 1.27. The Morgan fingerprint density at radius 2 is 2.29 bits per heavy atom. The van der Waals surface area contributed by atoms with E-state index in [2.05, 4.69) is 10.3 Å². The molecule has 0 aliphatic carbocycles. The van der Waals surface area contributed by atoms with Gasteiger partial charge in [0.05, 0.1) is 18.9 Å². The summed E-state index contributed by atoms with van der Waals surface area (Å²) >= 11 is 0. The highest BCUT2D eigenvalue weighted by atomic mass is 16.5. The van der Waals surface area contributed by atoms with Crippen LogP contribution in [0.15, 0.2) is 18.5 Å². The van der Waals surface area contributed by atoms with Crippen LogP contribution in [0.25, 0.3) is 0 Å². The summed E-state index contributed by atoms with van der Waals surface area (Å²) in [6, 6.07) is 1.55. The lowest BCUT2D eigenvalue weighted by Crippen LogP contribution is -2.25. The second kappa shape index (κ2) is 6.47. The maximum absolute atomic E-state index is 11.7.